The fraction of sp³-hybridized carbons (Fsp3) is 0.273. The average molecular weight is 475 g/mol. The van der Waals surface area contributed by atoms with Gasteiger partial charge in [-0.25, -0.2) is 12.8 Å². The number of carbonyl (C=O) groups excluding carboxylic acids is 2. The Balaban J connectivity index is 1.28. The Kier molecular flexibility index (Phi) is 6.72. The highest BCUT2D eigenvalue weighted by Gasteiger charge is 2.36. The van der Waals surface area contributed by atoms with Crippen LogP contribution in [0.4, 0.5) is 4.39 Å². The number of benzene rings is 2. The summed E-state index contributed by atoms with van der Waals surface area (Å²) in [4.78, 5) is 27.4. The average Bonchev–Trinajstić information content (AvgIpc) is 3.45. The quantitative estimate of drug-likeness (QED) is 0.444. The molecule has 2 heterocycles. The molecule has 2 amide bonds. The maximum atomic E-state index is 13.1. The number of nitrogens with one attached hydrogen (secondary N) is 3. The topological polar surface area (TPSA) is 121 Å². The summed E-state index contributed by atoms with van der Waals surface area (Å²) in [5, 5.41) is 6.03. The van der Waals surface area contributed by atoms with Gasteiger partial charge in [0, 0.05) is 30.2 Å². The third kappa shape index (κ3) is 5.05. The SMILES string of the molecule is O=C(NCCc1c[nH]c2ccccc12)C(=O)NC[C@H]1OCCN1S(=O)(=O)c1ccc(F)cc1. The van der Waals surface area contributed by atoms with Gasteiger partial charge in [-0.15, -0.1) is 0 Å². The minimum atomic E-state index is -3.94. The Morgan fingerprint density at radius 1 is 1.09 bits per heavy atom. The Bertz CT molecular complexity index is 1260. The fourth-order valence-corrected chi connectivity index (χ4v) is 5.18. The minimum Gasteiger partial charge on any atom is -0.361 e. The van der Waals surface area contributed by atoms with Gasteiger partial charge in [0.05, 0.1) is 18.0 Å². The highest BCUT2D eigenvalue weighted by molar-refractivity contribution is 7.89. The van der Waals surface area contributed by atoms with E-state index >= 15 is 0 Å². The van der Waals surface area contributed by atoms with Gasteiger partial charge in [-0.1, -0.05) is 18.2 Å². The number of amides is 2. The molecule has 0 unspecified atom stereocenters. The minimum absolute atomic E-state index is 0.0804. The van der Waals surface area contributed by atoms with Crippen LogP contribution in [0.1, 0.15) is 5.56 Å². The molecule has 0 bridgehead atoms. The predicted molar refractivity (Wildman–Crippen MR) is 118 cm³/mol. The number of para-hydroxylation sites is 1. The van der Waals surface area contributed by atoms with E-state index < -0.39 is 33.9 Å². The first-order chi connectivity index (χ1) is 15.9. The Morgan fingerprint density at radius 2 is 1.82 bits per heavy atom. The predicted octanol–water partition coefficient (Wildman–Crippen LogP) is 1.13. The molecule has 2 aromatic carbocycles. The van der Waals surface area contributed by atoms with Crippen molar-refractivity contribution in [1.82, 2.24) is 19.9 Å². The number of hydrogen-bond donors (Lipinski definition) is 3. The van der Waals surface area contributed by atoms with E-state index in [0.29, 0.717) is 6.42 Å². The molecule has 0 aliphatic carbocycles. The van der Waals surface area contributed by atoms with Crippen LogP contribution in [0.25, 0.3) is 10.9 Å². The van der Waals surface area contributed by atoms with E-state index in [-0.39, 0.29) is 31.1 Å². The molecule has 1 aromatic heterocycles. The molecular formula is C22H23FN4O5S. The number of aromatic amines is 1. The van der Waals surface area contributed by atoms with Crippen LogP contribution < -0.4 is 10.6 Å². The number of ether oxygens (including phenoxy) is 1. The van der Waals surface area contributed by atoms with Gasteiger partial charge in [-0.05, 0) is 42.3 Å². The monoisotopic (exact) mass is 474 g/mol. The number of fused-ring (bicyclic) bond motifs is 1. The highest BCUT2D eigenvalue weighted by Crippen LogP contribution is 2.22. The normalized spacial score (nSPS) is 16.7. The fourth-order valence-electron chi connectivity index (χ4n) is 3.67. The first-order valence-corrected chi connectivity index (χ1v) is 11.8. The van der Waals surface area contributed by atoms with E-state index in [1.54, 1.807) is 0 Å². The molecule has 33 heavy (non-hydrogen) atoms. The number of H-pyrrole nitrogens is 1. The number of hydrogen-bond acceptors (Lipinski definition) is 5. The number of aromatic nitrogens is 1. The zero-order chi connectivity index (χ0) is 23.4. The summed E-state index contributed by atoms with van der Waals surface area (Å²) in [6.45, 7) is 0.281. The van der Waals surface area contributed by atoms with Crippen molar-refractivity contribution >= 4 is 32.7 Å². The lowest BCUT2D eigenvalue weighted by molar-refractivity contribution is -0.139. The molecule has 0 radical (unpaired) electrons. The van der Waals surface area contributed by atoms with Gasteiger partial charge in [0.1, 0.15) is 12.0 Å². The third-order valence-corrected chi connectivity index (χ3v) is 7.26. The number of carbonyl (C=O) groups is 2. The van der Waals surface area contributed by atoms with Crippen molar-refractivity contribution < 1.29 is 27.1 Å². The zero-order valence-corrected chi connectivity index (χ0v) is 18.4. The summed E-state index contributed by atoms with van der Waals surface area (Å²) in [6.07, 6.45) is 1.44. The van der Waals surface area contributed by atoms with Crippen LogP contribution >= 0.6 is 0 Å². The summed E-state index contributed by atoms with van der Waals surface area (Å²) in [5.41, 5.74) is 2.01. The second kappa shape index (κ2) is 9.69. The lowest BCUT2D eigenvalue weighted by atomic mass is 10.1. The molecule has 0 saturated carbocycles. The van der Waals surface area contributed by atoms with E-state index in [1.165, 1.54) is 12.1 Å². The van der Waals surface area contributed by atoms with Crippen LogP contribution in [0, 0.1) is 5.82 Å². The van der Waals surface area contributed by atoms with Gasteiger partial charge in [0.2, 0.25) is 10.0 Å². The highest BCUT2D eigenvalue weighted by atomic mass is 32.2. The van der Waals surface area contributed by atoms with Crippen molar-refractivity contribution in [3.8, 4) is 0 Å². The molecule has 1 aliphatic rings. The van der Waals surface area contributed by atoms with Gasteiger partial charge < -0.3 is 20.4 Å². The second-order valence-electron chi connectivity index (χ2n) is 7.47. The van der Waals surface area contributed by atoms with E-state index in [1.807, 2.05) is 30.5 Å². The van der Waals surface area contributed by atoms with E-state index in [0.717, 1.165) is 32.9 Å². The molecule has 1 aliphatic heterocycles. The number of sulfonamides is 1. The van der Waals surface area contributed by atoms with Crippen LogP contribution in [0.15, 0.2) is 59.6 Å². The van der Waals surface area contributed by atoms with Gasteiger partial charge in [-0.2, -0.15) is 4.31 Å². The molecule has 1 atom stereocenters. The maximum Gasteiger partial charge on any atom is 0.309 e. The molecule has 11 heteroatoms. The lowest BCUT2D eigenvalue weighted by Gasteiger charge is -2.22. The van der Waals surface area contributed by atoms with Crippen LogP contribution in [-0.2, 0) is 30.8 Å². The molecule has 1 saturated heterocycles. The Morgan fingerprint density at radius 3 is 2.61 bits per heavy atom. The van der Waals surface area contributed by atoms with E-state index in [2.05, 4.69) is 15.6 Å². The largest absolute Gasteiger partial charge is 0.361 e. The van der Waals surface area contributed by atoms with Crippen molar-refractivity contribution in [2.24, 2.45) is 0 Å². The van der Waals surface area contributed by atoms with Gasteiger partial charge in [-0.3, -0.25) is 9.59 Å². The summed E-state index contributed by atoms with van der Waals surface area (Å²) in [7, 11) is -3.94. The van der Waals surface area contributed by atoms with Gasteiger partial charge in [0.25, 0.3) is 0 Å². The maximum absolute atomic E-state index is 13.1. The lowest BCUT2D eigenvalue weighted by Crippen LogP contribution is -2.47. The number of halogens is 1. The zero-order valence-electron chi connectivity index (χ0n) is 17.6. The van der Waals surface area contributed by atoms with Crippen molar-refractivity contribution in [1.29, 1.82) is 0 Å². The van der Waals surface area contributed by atoms with Crippen LogP contribution in [0.2, 0.25) is 0 Å². The van der Waals surface area contributed by atoms with E-state index in [4.69, 9.17) is 4.74 Å². The summed E-state index contributed by atoms with van der Waals surface area (Å²) < 4.78 is 45.3. The molecular weight excluding hydrogens is 451 g/mol. The smallest absolute Gasteiger partial charge is 0.309 e. The molecule has 174 valence electrons. The molecule has 3 N–H and O–H groups in total. The molecule has 1 fully saturated rings. The molecule has 0 spiro atoms. The van der Waals surface area contributed by atoms with Crippen molar-refractivity contribution in [2.45, 2.75) is 17.5 Å². The summed E-state index contributed by atoms with van der Waals surface area (Å²) >= 11 is 0. The third-order valence-electron chi connectivity index (χ3n) is 5.36. The number of rotatable bonds is 7. The molecule has 4 rings (SSSR count). The van der Waals surface area contributed by atoms with E-state index in [9.17, 15) is 22.4 Å². The Labute approximate surface area is 190 Å². The summed E-state index contributed by atoms with van der Waals surface area (Å²) in [6, 6.07) is 12.2. The molecule has 3 aromatic rings. The van der Waals surface area contributed by atoms with Crippen LogP contribution in [0.3, 0.4) is 0 Å². The van der Waals surface area contributed by atoms with Crippen LogP contribution in [0.5, 0.6) is 0 Å². The first-order valence-electron chi connectivity index (χ1n) is 10.4. The standard InChI is InChI=1S/C22H23FN4O5S/c23-16-5-7-17(8-6-16)33(30,31)27-11-12-32-20(27)14-26-22(29)21(28)24-10-9-15-13-25-19-4-2-1-3-18(15)19/h1-8,13,20,25H,9-12,14H2,(H,24,28)(H,26,29)/t20-/m1/s1. The van der Waals surface area contributed by atoms with Crippen molar-refractivity contribution in [3.63, 3.8) is 0 Å². The second-order valence-corrected chi connectivity index (χ2v) is 9.36. The molecule has 9 nitrogen and oxygen atoms in total. The van der Waals surface area contributed by atoms with Crippen molar-refractivity contribution in [3.05, 3.63) is 66.1 Å². The van der Waals surface area contributed by atoms with Gasteiger partial charge in [0.15, 0.2) is 0 Å². The summed E-state index contributed by atoms with van der Waals surface area (Å²) in [5.74, 6) is -2.25. The van der Waals surface area contributed by atoms with Gasteiger partial charge >= 0.3 is 11.8 Å². The Hall–Kier alpha value is -3.28. The first kappa shape index (κ1) is 22.9. The van der Waals surface area contributed by atoms with Crippen LogP contribution in [-0.4, -0.2) is 62.0 Å². The van der Waals surface area contributed by atoms with Crippen molar-refractivity contribution in [2.75, 3.05) is 26.2 Å². The number of nitrogens with zero attached hydrogens (tertiary/aromatic N) is 1.